The number of hydrogen-bond acceptors (Lipinski definition) is 3. The van der Waals surface area contributed by atoms with Crippen LogP contribution in [0.2, 0.25) is 0 Å². The number of rotatable bonds is 5. The second-order valence-corrected chi connectivity index (χ2v) is 3.54. The van der Waals surface area contributed by atoms with Crippen LogP contribution in [0.1, 0.15) is 12.0 Å². The quantitative estimate of drug-likeness (QED) is 0.599. The maximum Gasteiger partial charge on any atom is 0.488 e. The minimum atomic E-state index is -4.22. The van der Waals surface area contributed by atoms with Crippen LogP contribution in [0, 0.1) is 0 Å². The minimum absolute atomic E-state index is 0.0106. The summed E-state index contributed by atoms with van der Waals surface area (Å²) in [5, 5.41) is 17.8. The monoisotopic (exact) mass is 248 g/mol. The molecule has 94 valence electrons. The van der Waals surface area contributed by atoms with Gasteiger partial charge in [0.25, 0.3) is 0 Å². The van der Waals surface area contributed by atoms with E-state index in [1.54, 1.807) is 12.1 Å². The van der Waals surface area contributed by atoms with Crippen molar-refractivity contribution in [3.63, 3.8) is 0 Å². The van der Waals surface area contributed by atoms with Gasteiger partial charge in [0, 0.05) is 0 Å². The summed E-state index contributed by atoms with van der Waals surface area (Å²) in [6.45, 7) is -0.397. The van der Waals surface area contributed by atoms with Crippen LogP contribution in [-0.4, -0.2) is 29.9 Å². The SMILES string of the molecule is OB(O)c1cccc(COCCC(F)(F)F)c1. The highest BCUT2D eigenvalue weighted by Gasteiger charge is 2.26. The van der Waals surface area contributed by atoms with Crippen molar-refractivity contribution in [1.29, 1.82) is 0 Å². The van der Waals surface area contributed by atoms with Gasteiger partial charge in [-0.3, -0.25) is 0 Å². The second-order valence-electron chi connectivity index (χ2n) is 3.54. The molecule has 17 heavy (non-hydrogen) atoms. The predicted octanol–water partition coefficient (Wildman–Crippen LogP) is 0.835. The lowest BCUT2D eigenvalue weighted by Gasteiger charge is -2.08. The highest BCUT2D eigenvalue weighted by Crippen LogP contribution is 2.19. The number of alkyl halides is 3. The molecule has 0 atom stereocenters. The van der Waals surface area contributed by atoms with E-state index in [0.717, 1.165) is 0 Å². The van der Waals surface area contributed by atoms with Crippen LogP contribution in [0.25, 0.3) is 0 Å². The molecule has 2 N–H and O–H groups in total. The Hall–Kier alpha value is -1.05. The summed E-state index contributed by atoms with van der Waals surface area (Å²) in [5.41, 5.74) is 0.875. The molecule has 0 fully saturated rings. The zero-order chi connectivity index (χ0) is 12.9. The highest BCUT2D eigenvalue weighted by molar-refractivity contribution is 6.58. The van der Waals surface area contributed by atoms with E-state index in [-0.39, 0.29) is 12.1 Å². The first-order chi connectivity index (χ1) is 7.88. The highest BCUT2D eigenvalue weighted by atomic mass is 19.4. The molecule has 0 heterocycles. The van der Waals surface area contributed by atoms with Gasteiger partial charge < -0.3 is 14.8 Å². The summed E-state index contributed by atoms with van der Waals surface area (Å²) >= 11 is 0. The number of benzene rings is 1. The number of hydrogen-bond donors (Lipinski definition) is 2. The molecule has 0 aliphatic rings. The maximum absolute atomic E-state index is 11.8. The van der Waals surface area contributed by atoms with Crippen LogP contribution in [0.4, 0.5) is 13.2 Å². The average molecular weight is 248 g/mol. The second kappa shape index (κ2) is 6.04. The molecule has 0 spiro atoms. The molecular weight excluding hydrogens is 236 g/mol. The molecule has 0 saturated carbocycles. The molecule has 0 bridgehead atoms. The summed E-state index contributed by atoms with van der Waals surface area (Å²) in [4.78, 5) is 0. The van der Waals surface area contributed by atoms with E-state index in [4.69, 9.17) is 14.8 Å². The van der Waals surface area contributed by atoms with Gasteiger partial charge in [-0.25, -0.2) is 0 Å². The third-order valence-corrected chi connectivity index (χ3v) is 2.05. The molecule has 0 saturated heterocycles. The Labute approximate surface area is 97.0 Å². The molecule has 0 amide bonds. The topological polar surface area (TPSA) is 49.7 Å². The lowest BCUT2D eigenvalue weighted by atomic mass is 9.80. The number of ether oxygens (including phenoxy) is 1. The molecule has 1 aromatic carbocycles. The Morgan fingerprint density at radius 2 is 1.94 bits per heavy atom. The van der Waals surface area contributed by atoms with Crippen molar-refractivity contribution in [2.24, 2.45) is 0 Å². The third kappa shape index (κ3) is 5.72. The van der Waals surface area contributed by atoms with Crippen LogP contribution in [0.5, 0.6) is 0 Å². The first-order valence-electron chi connectivity index (χ1n) is 4.98. The van der Waals surface area contributed by atoms with E-state index in [9.17, 15) is 13.2 Å². The van der Waals surface area contributed by atoms with Gasteiger partial charge >= 0.3 is 13.3 Å². The molecule has 0 aliphatic carbocycles. The Kier molecular flexibility index (Phi) is 4.98. The fraction of sp³-hybridized carbons (Fsp3) is 0.400. The van der Waals surface area contributed by atoms with E-state index in [2.05, 4.69) is 0 Å². The van der Waals surface area contributed by atoms with Crippen molar-refractivity contribution in [1.82, 2.24) is 0 Å². The van der Waals surface area contributed by atoms with Gasteiger partial charge in [0.2, 0.25) is 0 Å². The van der Waals surface area contributed by atoms with E-state index in [1.807, 2.05) is 0 Å². The Morgan fingerprint density at radius 3 is 2.53 bits per heavy atom. The average Bonchev–Trinajstić information content (AvgIpc) is 2.23. The molecule has 1 aromatic rings. The first kappa shape index (κ1) is 14.0. The van der Waals surface area contributed by atoms with Crippen molar-refractivity contribution in [2.45, 2.75) is 19.2 Å². The molecule has 0 aromatic heterocycles. The number of halogens is 3. The maximum atomic E-state index is 11.8. The van der Waals surface area contributed by atoms with Gasteiger partial charge in [-0.2, -0.15) is 13.2 Å². The summed E-state index contributed by atoms with van der Waals surface area (Å²) in [6.07, 6.45) is -5.21. The van der Waals surface area contributed by atoms with E-state index < -0.39 is 26.3 Å². The molecule has 0 radical (unpaired) electrons. The summed E-state index contributed by atoms with van der Waals surface area (Å²) < 4.78 is 40.3. The van der Waals surface area contributed by atoms with Gasteiger partial charge in [-0.05, 0) is 11.0 Å². The van der Waals surface area contributed by atoms with Gasteiger partial charge in [-0.1, -0.05) is 24.3 Å². The lowest BCUT2D eigenvalue weighted by Crippen LogP contribution is -2.29. The van der Waals surface area contributed by atoms with Gasteiger partial charge in [0.1, 0.15) is 0 Å². The zero-order valence-electron chi connectivity index (χ0n) is 8.94. The largest absolute Gasteiger partial charge is 0.488 e. The lowest BCUT2D eigenvalue weighted by molar-refractivity contribution is -0.146. The summed E-state index contributed by atoms with van der Waals surface area (Å²) in [7, 11) is -1.59. The van der Waals surface area contributed by atoms with Crippen LogP contribution in [0.3, 0.4) is 0 Å². The fourth-order valence-electron chi connectivity index (χ4n) is 1.22. The molecule has 7 heteroatoms. The molecule has 0 unspecified atom stereocenters. The van der Waals surface area contributed by atoms with Crippen molar-refractivity contribution in [3.05, 3.63) is 29.8 Å². The zero-order valence-corrected chi connectivity index (χ0v) is 8.94. The molecule has 0 aliphatic heterocycles. The van der Waals surface area contributed by atoms with E-state index in [0.29, 0.717) is 5.56 Å². The fourth-order valence-corrected chi connectivity index (χ4v) is 1.22. The Bertz CT molecular complexity index is 355. The summed E-state index contributed by atoms with van der Waals surface area (Å²) in [6, 6.07) is 6.19. The van der Waals surface area contributed by atoms with Gasteiger partial charge in [-0.15, -0.1) is 0 Å². The molecule has 1 rings (SSSR count). The smallest absolute Gasteiger partial charge is 0.423 e. The third-order valence-electron chi connectivity index (χ3n) is 2.05. The van der Waals surface area contributed by atoms with Crippen LogP contribution in [-0.2, 0) is 11.3 Å². The summed E-state index contributed by atoms with van der Waals surface area (Å²) in [5.74, 6) is 0. The van der Waals surface area contributed by atoms with Gasteiger partial charge in [0.05, 0.1) is 19.6 Å². The van der Waals surface area contributed by atoms with Crippen molar-refractivity contribution in [2.75, 3.05) is 6.61 Å². The van der Waals surface area contributed by atoms with Crippen LogP contribution < -0.4 is 5.46 Å². The van der Waals surface area contributed by atoms with Crippen LogP contribution in [0.15, 0.2) is 24.3 Å². The molecule has 3 nitrogen and oxygen atoms in total. The van der Waals surface area contributed by atoms with Crippen LogP contribution >= 0.6 is 0 Å². The minimum Gasteiger partial charge on any atom is -0.423 e. The predicted molar refractivity (Wildman–Crippen MR) is 56.6 cm³/mol. The molecular formula is C10H12BF3O3. The van der Waals surface area contributed by atoms with E-state index >= 15 is 0 Å². The first-order valence-corrected chi connectivity index (χ1v) is 4.98. The Morgan fingerprint density at radius 1 is 1.24 bits per heavy atom. The van der Waals surface area contributed by atoms with E-state index in [1.165, 1.54) is 12.1 Å². The normalized spacial score (nSPS) is 11.6. The standard InChI is InChI=1S/C10H12BF3O3/c12-10(13,14)4-5-17-7-8-2-1-3-9(6-8)11(15)16/h1-3,6,15-16H,4-5,7H2. The van der Waals surface area contributed by atoms with Gasteiger partial charge in [0.15, 0.2) is 0 Å². The Balaban J connectivity index is 2.39. The van der Waals surface area contributed by atoms with Crippen molar-refractivity contribution < 1.29 is 28.0 Å². The van der Waals surface area contributed by atoms with Crippen molar-refractivity contribution in [3.8, 4) is 0 Å². The van der Waals surface area contributed by atoms with Crippen molar-refractivity contribution >= 4 is 12.6 Å².